The monoisotopic (exact) mass is 316 g/mol. The fourth-order valence-corrected chi connectivity index (χ4v) is 3.14. The number of carboxylic acids is 1. The minimum Gasteiger partial charge on any atom is -0.479 e. The molecule has 0 saturated carbocycles. The van der Waals surface area contributed by atoms with Crippen LogP contribution < -0.4 is 10.4 Å². The molecule has 5 heteroatoms. The third kappa shape index (κ3) is 2.83. The van der Waals surface area contributed by atoms with Gasteiger partial charge in [-0.1, -0.05) is 6.92 Å². The molecular formula is C18H20O5. The molecule has 1 aromatic carbocycles. The van der Waals surface area contributed by atoms with Gasteiger partial charge in [-0.25, -0.2) is 9.59 Å². The van der Waals surface area contributed by atoms with Crippen molar-refractivity contribution in [1.82, 2.24) is 0 Å². The Labute approximate surface area is 133 Å². The first-order valence-corrected chi connectivity index (χ1v) is 8.02. The number of hydrogen-bond acceptors (Lipinski definition) is 4. The summed E-state index contributed by atoms with van der Waals surface area (Å²) >= 11 is 0. The van der Waals surface area contributed by atoms with Crippen molar-refractivity contribution in [2.24, 2.45) is 0 Å². The summed E-state index contributed by atoms with van der Waals surface area (Å²) in [5, 5.41) is 9.97. The average Bonchev–Trinajstić information content (AvgIpc) is 2.54. The molecule has 0 amide bonds. The van der Waals surface area contributed by atoms with Gasteiger partial charge in [0.15, 0.2) is 6.10 Å². The molecule has 0 saturated heterocycles. The molecule has 1 N–H and O–H groups in total. The SMILES string of the molecule is CCc1cc2c3c(c(=O)oc2cc1O[C@@H](C)C(=O)O)CCCC3. The van der Waals surface area contributed by atoms with Crippen molar-refractivity contribution in [3.63, 3.8) is 0 Å². The lowest BCUT2D eigenvalue weighted by Crippen LogP contribution is -2.23. The zero-order valence-corrected chi connectivity index (χ0v) is 13.3. The second kappa shape index (κ2) is 6.07. The number of aliphatic carboxylic acids is 1. The van der Waals surface area contributed by atoms with Gasteiger partial charge in [0, 0.05) is 17.0 Å². The average molecular weight is 316 g/mol. The Morgan fingerprint density at radius 3 is 2.65 bits per heavy atom. The quantitative estimate of drug-likeness (QED) is 0.877. The smallest absolute Gasteiger partial charge is 0.344 e. The second-order valence-electron chi connectivity index (χ2n) is 5.96. The number of benzene rings is 1. The van der Waals surface area contributed by atoms with Crippen LogP contribution in [-0.2, 0) is 24.1 Å². The number of carbonyl (C=O) groups is 1. The van der Waals surface area contributed by atoms with Gasteiger partial charge in [-0.3, -0.25) is 0 Å². The van der Waals surface area contributed by atoms with Gasteiger partial charge in [0.25, 0.3) is 0 Å². The largest absolute Gasteiger partial charge is 0.479 e. The Hall–Kier alpha value is -2.30. The minimum atomic E-state index is -1.03. The Kier molecular flexibility index (Phi) is 4.11. The van der Waals surface area contributed by atoms with Crippen molar-refractivity contribution in [3.8, 4) is 5.75 Å². The van der Waals surface area contributed by atoms with Crippen LogP contribution in [0.15, 0.2) is 21.3 Å². The predicted octanol–water partition coefficient (Wildman–Crippen LogP) is 3.09. The number of ether oxygens (including phenoxy) is 1. The van der Waals surface area contributed by atoms with Crippen molar-refractivity contribution < 1.29 is 19.1 Å². The lowest BCUT2D eigenvalue weighted by molar-refractivity contribution is -0.144. The van der Waals surface area contributed by atoms with E-state index in [1.54, 1.807) is 6.07 Å². The van der Waals surface area contributed by atoms with Gasteiger partial charge in [-0.15, -0.1) is 0 Å². The maximum Gasteiger partial charge on any atom is 0.344 e. The number of hydrogen-bond donors (Lipinski definition) is 1. The highest BCUT2D eigenvalue weighted by molar-refractivity contribution is 5.84. The summed E-state index contributed by atoms with van der Waals surface area (Å²) in [5.74, 6) is -0.562. The maximum absolute atomic E-state index is 12.2. The van der Waals surface area contributed by atoms with E-state index in [0.717, 1.165) is 47.8 Å². The first-order chi connectivity index (χ1) is 11.0. The first kappa shape index (κ1) is 15.6. The Balaban J connectivity index is 2.17. The van der Waals surface area contributed by atoms with Crippen molar-refractivity contribution in [2.75, 3.05) is 0 Å². The third-order valence-electron chi connectivity index (χ3n) is 4.44. The molecule has 1 aromatic heterocycles. The van der Waals surface area contributed by atoms with Gasteiger partial charge in [0.2, 0.25) is 0 Å². The molecule has 0 aliphatic heterocycles. The van der Waals surface area contributed by atoms with Gasteiger partial charge >= 0.3 is 11.6 Å². The topological polar surface area (TPSA) is 76.7 Å². The van der Waals surface area contributed by atoms with E-state index in [2.05, 4.69) is 0 Å². The Morgan fingerprint density at radius 1 is 1.30 bits per heavy atom. The molecule has 1 heterocycles. The summed E-state index contributed by atoms with van der Waals surface area (Å²) in [6, 6.07) is 3.64. The van der Waals surface area contributed by atoms with E-state index >= 15 is 0 Å². The summed E-state index contributed by atoms with van der Waals surface area (Å²) in [4.78, 5) is 23.2. The molecule has 1 aliphatic rings. The third-order valence-corrected chi connectivity index (χ3v) is 4.44. The Bertz CT molecular complexity index is 818. The molecular weight excluding hydrogens is 296 g/mol. The molecule has 0 radical (unpaired) electrons. The van der Waals surface area contributed by atoms with Crippen molar-refractivity contribution >= 4 is 16.9 Å². The van der Waals surface area contributed by atoms with Crippen LogP contribution in [0.2, 0.25) is 0 Å². The van der Waals surface area contributed by atoms with E-state index in [4.69, 9.17) is 14.3 Å². The minimum absolute atomic E-state index is 0.284. The number of fused-ring (bicyclic) bond motifs is 3. The molecule has 3 rings (SSSR count). The maximum atomic E-state index is 12.2. The van der Waals surface area contributed by atoms with E-state index in [9.17, 15) is 9.59 Å². The van der Waals surface area contributed by atoms with E-state index in [1.807, 2.05) is 13.0 Å². The highest BCUT2D eigenvalue weighted by Gasteiger charge is 2.21. The van der Waals surface area contributed by atoms with Crippen LogP contribution in [0, 0.1) is 0 Å². The van der Waals surface area contributed by atoms with Crippen LogP contribution >= 0.6 is 0 Å². The molecule has 0 spiro atoms. The summed E-state index contributed by atoms with van der Waals surface area (Å²) in [6.07, 6.45) is 3.49. The van der Waals surface area contributed by atoms with E-state index in [0.29, 0.717) is 17.8 Å². The molecule has 122 valence electrons. The van der Waals surface area contributed by atoms with E-state index in [-0.39, 0.29) is 5.63 Å². The van der Waals surface area contributed by atoms with Crippen molar-refractivity contribution in [1.29, 1.82) is 0 Å². The van der Waals surface area contributed by atoms with Crippen molar-refractivity contribution in [3.05, 3.63) is 39.2 Å². The fraction of sp³-hybridized carbons (Fsp3) is 0.444. The molecule has 0 bridgehead atoms. The van der Waals surface area contributed by atoms with Crippen LogP contribution in [0.1, 0.15) is 43.4 Å². The van der Waals surface area contributed by atoms with Gasteiger partial charge in [0.05, 0.1) is 0 Å². The predicted molar refractivity (Wildman–Crippen MR) is 86.2 cm³/mol. The van der Waals surface area contributed by atoms with Crippen LogP contribution in [-0.4, -0.2) is 17.2 Å². The molecule has 23 heavy (non-hydrogen) atoms. The normalized spacial score (nSPS) is 15.2. The summed E-state index contributed by atoms with van der Waals surface area (Å²) in [5.41, 5.74) is 2.98. The van der Waals surface area contributed by atoms with Crippen LogP contribution in [0.4, 0.5) is 0 Å². The highest BCUT2D eigenvalue weighted by Crippen LogP contribution is 2.32. The summed E-state index contributed by atoms with van der Waals surface area (Å²) in [7, 11) is 0. The summed E-state index contributed by atoms with van der Waals surface area (Å²) in [6.45, 7) is 3.47. The molecule has 0 fully saturated rings. The molecule has 0 unspecified atom stereocenters. The summed E-state index contributed by atoms with van der Waals surface area (Å²) < 4.78 is 11.0. The molecule has 1 aliphatic carbocycles. The second-order valence-corrected chi connectivity index (χ2v) is 5.96. The molecule has 1 atom stereocenters. The number of rotatable bonds is 4. The highest BCUT2D eigenvalue weighted by atomic mass is 16.5. The number of carboxylic acid groups (broad SMARTS) is 1. The fourth-order valence-electron chi connectivity index (χ4n) is 3.14. The Morgan fingerprint density at radius 2 is 2.00 bits per heavy atom. The standard InChI is InChI=1S/C18H20O5/c1-3-11-8-14-12-6-4-5-7-13(12)18(21)23-16(14)9-15(11)22-10(2)17(19)20/h8-10H,3-7H2,1-2H3,(H,19,20)/t10-/m0/s1. The van der Waals surface area contributed by atoms with Crippen LogP contribution in [0.3, 0.4) is 0 Å². The molecule has 2 aromatic rings. The lowest BCUT2D eigenvalue weighted by Gasteiger charge is -2.19. The molecule has 5 nitrogen and oxygen atoms in total. The van der Waals surface area contributed by atoms with Gasteiger partial charge in [0.1, 0.15) is 11.3 Å². The lowest BCUT2D eigenvalue weighted by atomic mass is 9.90. The van der Waals surface area contributed by atoms with E-state index in [1.165, 1.54) is 6.92 Å². The van der Waals surface area contributed by atoms with Gasteiger partial charge in [-0.05, 0) is 56.2 Å². The zero-order chi connectivity index (χ0) is 16.6. The van der Waals surface area contributed by atoms with Gasteiger partial charge in [-0.2, -0.15) is 0 Å². The zero-order valence-electron chi connectivity index (χ0n) is 13.3. The van der Waals surface area contributed by atoms with Gasteiger partial charge < -0.3 is 14.3 Å². The first-order valence-electron chi connectivity index (χ1n) is 8.02. The number of aryl methyl sites for hydroxylation is 2. The van der Waals surface area contributed by atoms with E-state index < -0.39 is 12.1 Å². The van der Waals surface area contributed by atoms with Crippen LogP contribution in [0.25, 0.3) is 11.0 Å². The van der Waals surface area contributed by atoms with Crippen molar-refractivity contribution in [2.45, 2.75) is 52.1 Å². The van der Waals surface area contributed by atoms with Crippen LogP contribution in [0.5, 0.6) is 5.75 Å².